The fraction of sp³-hybridized carbons (Fsp3) is 0.100. The smallest absolute Gasteiger partial charge is 0.345 e. The fourth-order valence-corrected chi connectivity index (χ4v) is 0.846. The van der Waals surface area contributed by atoms with Gasteiger partial charge in [-0.2, -0.15) is 0 Å². The molecule has 0 N–H and O–H groups in total. The lowest BCUT2D eigenvalue weighted by molar-refractivity contribution is -0.139. The minimum absolute atomic E-state index is 0.284. The van der Waals surface area contributed by atoms with Gasteiger partial charge in [0.05, 0.1) is 5.56 Å². The van der Waals surface area contributed by atoms with Gasteiger partial charge < -0.3 is 9.53 Å². The van der Waals surface area contributed by atoms with Gasteiger partial charge in [-0.25, -0.2) is 4.79 Å². The minimum atomic E-state index is -0.839. The summed E-state index contributed by atoms with van der Waals surface area (Å²) in [5.41, 5.74) is 0.284. The van der Waals surface area contributed by atoms with Crippen LogP contribution in [-0.4, -0.2) is 18.2 Å². The first-order valence-electron chi connectivity index (χ1n) is 3.97. The molecular formula is C10H8O4. The Morgan fingerprint density at radius 2 is 1.86 bits per heavy atom. The third kappa shape index (κ3) is 2.82. The van der Waals surface area contributed by atoms with Gasteiger partial charge in [0.25, 0.3) is 0 Å². The molecule has 0 amide bonds. The molecule has 0 saturated carbocycles. The number of carbonyl (C=O) groups is 3. The molecule has 14 heavy (non-hydrogen) atoms. The lowest BCUT2D eigenvalue weighted by Gasteiger charge is -1.99. The maximum absolute atomic E-state index is 11.2. The van der Waals surface area contributed by atoms with E-state index in [-0.39, 0.29) is 5.56 Å². The normalized spacial score (nSPS) is 9.14. The zero-order chi connectivity index (χ0) is 10.4. The molecule has 0 saturated heterocycles. The highest BCUT2D eigenvalue weighted by Crippen LogP contribution is 2.01. The van der Waals surface area contributed by atoms with Gasteiger partial charge in [-0.1, -0.05) is 18.2 Å². The molecule has 0 fully saturated rings. The van der Waals surface area contributed by atoms with Crippen molar-refractivity contribution < 1.29 is 19.1 Å². The van der Waals surface area contributed by atoms with E-state index in [1.165, 1.54) is 12.1 Å². The average Bonchev–Trinajstić information content (AvgIpc) is 2.19. The molecule has 0 aromatic heterocycles. The summed E-state index contributed by atoms with van der Waals surface area (Å²) in [5, 5.41) is 0. The highest BCUT2D eigenvalue weighted by atomic mass is 16.6. The summed E-state index contributed by atoms with van der Waals surface area (Å²) in [6.45, 7) is 0. The number of carbonyl (C=O) groups excluding carboxylic acids is 3. The van der Waals surface area contributed by atoms with E-state index >= 15 is 0 Å². The van der Waals surface area contributed by atoms with Crippen LogP contribution in [0, 0.1) is 0 Å². The summed E-state index contributed by atoms with van der Waals surface area (Å²) in [5.74, 6) is -1.58. The Morgan fingerprint density at radius 1 is 1.21 bits per heavy atom. The number of rotatable bonds is 3. The molecule has 0 unspecified atom stereocenters. The van der Waals surface area contributed by atoms with Crippen molar-refractivity contribution in [3.8, 4) is 0 Å². The predicted octanol–water partition coefficient (Wildman–Crippen LogP) is 0.959. The van der Waals surface area contributed by atoms with Gasteiger partial charge in [-0.15, -0.1) is 0 Å². The predicted molar refractivity (Wildman–Crippen MR) is 47.5 cm³/mol. The van der Waals surface area contributed by atoms with E-state index in [2.05, 4.69) is 4.74 Å². The Balaban J connectivity index is 2.59. The van der Waals surface area contributed by atoms with Crippen molar-refractivity contribution in [1.29, 1.82) is 0 Å². The molecule has 0 bridgehead atoms. The molecule has 0 radical (unpaired) electrons. The first kappa shape index (κ1) is 10.1. The van der Waals surface area contributed by atoms with Crippen LogP contribution in [0.1, 0.15) is 16.8 Å². The third-order valence-electron chi connectivity index (χ3n) is 1.47. The molecule has 1 aromatic carbocycles. The van der Waals surface area contributed by atoms with E-state index in [1.54, 1.807) is 18.2 Å². The van der Waals surface area contributed by atoms with Gasteiger partial charge in [0.2, 0.25) is 0 Å². The number of esters is 2. The van der Waals surface area contributed by atoms with E-state index in [4.69, 9.17) is 0 Å². The molecule has 0 heterocycles. The second-order valence-electron chi connectivity index (χ2n) is 2.50. The van der Waals surface area contributed by atoms with Crippen LogP contribution in [0.15, 0.2) is 30.3 Å². The number of benzene rings is 1. The van der Waals surface area contributed by atoms with Crippen molar-refractivity contribution in [2.75, 3.05) is 0 Å². The molecule has 0 atom stereocenters. The highest BCUT2D eigenvalue weighted by Gasteiger charge is 2.11. The van der Waals surface area contributed by atoms with Crippen LogP contribution in [0.4, 0.5) is 0 Å². The minimum Gasteiger partial charge on any atom is -0.389 e. The summed E-state index contributed by atoms with van der Waals surface area (Å²) >= 11 is 0. The standard InChI is InChI=1S/C10H8O4/c11-7-6-9(12)14-10(13)8-4-2-1-3-5-8/h1-5,7H,6H2. The first-order valence-corrected chi connectivity index (χ1v) is 3.97. The van der Waals surface area contributed by atoms with Crippen LogP contribution in [-0.2, 0) is 14.3 Å². The number of hydrogen-bond acceptors (Lipinski definition) is 4. The van der Waals surface area contributed by atoms with Crippen molar-refractivity contribution in [2.24, 2.45) is 0 Å². The maximum Gasteiger partial charge on any atom is 0.345 e. The summed E-state index contributed by atoms with van der Waals surface area (Å²) in [7, 11) is 0. The number of hydrogen-bond donors (Lipinski definition) is 0. The Hall–Kier alpha value is -1.97. The Labute approximate surface area is 80.5 Å². The van der Waals surface area contributed by atoms with Crippen LogP contribution >= 0.6 is 0 Å². The summed E-state index contributed by atoms with van der Waals surface area (Å²) in [6, 6.07) is 8.10. The highest BCUT2D eigenvalue weighted by molar-refractivity contribution is 5.99. The molecule has 0 aliphatic heterocycles. The van der Waals surface area contributed by atoms with Gasteiger partial charge in [-0.3, -0.25) is 4.79 Å². The summed E-state index contributed by atoms with van der Waals surface area (Å²) in [4.78, 5) is 31.8. The van der Waals surface area contributed by atoms with Crippen molar-refractivity contribution >= 4 is 18.2 Å². The third-order valence-corrected chi connectivity index (χ3v) is 1.47. The second-order valence-corrected chi connectivity index (χ2v) is 2.50. The van der Waals surface area contributed by atoms with E-state index < -0.39 is 18.4 Å². The lowest BCUT2D eigenvalue weighted by Crippen LogP contribution is -2.12. The van der Waals surface area contributed by atoms with Crippen LogP contribution in [0.3, 0.4) is 0 Å². The van der Waals surface area contributed by atoms with E-state index in [0.29, 0.717) is 6.29 Å². The molecule has 72 valence electrons. The molecular weight excluding hydrogens is 184 g/mol. The van der Waals surface area contributed by atoms with Gasteiger partial charge in [-0.05, 0) is 12.1 Å². The van der Waals surface area contributed by atoms with E-state index in [9.17, 15) is 14.4 Å². The van der Waals surface area contributed by atoms with Gasteiger partial charge in [0.1, 0.15) is 12.7 Å². The van der Waals surface area contributed by atoms with Crippen molar-refractivity contribution in [1.82, 2.24) is 0 Å². The lowest BCUT2D eigenvalue weighted by atomic mass is 10.2. The zero-order valence-corrected chi connectivity index (χ0v) is 7.30. The van der Waals surface area contributed by atoms with Crippen LogP contribution < -0.4 is 0 Å². The Morgan fingerprint density at radius 3 is 2.43 bits per heavy atom. The largest absolute Gasteiger partial charge is 0.389 e. The van der Waals surface area contributed by atoms with Crippen LogP contribution in [0.2, 0.25) is 0 Å². The first-order chi connectivity index (χ1) is 6.74. The topological polar surface area (TPSA) is 60.4 Å². The Kier molecular flexibility index (Phi) is 3.55. The number of aldehydes is 1. The molecule has 1 aromatic rings. The molecule has 4 nitrogen and oxygen atoms in total. The maximum atomic E-state index is 11.2. The average molecular weight is 192 g/mol. The van der Waals surface area contributed by atoms with Crippen molar-refractivity contribution in [3.05, 3.63) is 35.9 Å². The summed E-state index contributed by atoms with van der Waals surface area (Å²) in [6.07, 6.45) is -0.0147. The van der Waals surface area contributed by atoms with Crippen LogP contribution in [0.25, 0.3) is 0 Å². The van der Waals surface area contributed by atoms with Gasteiger partial charge >= 0.3 is 11.9 Å². The fourth-order valence-electron chi connectivity index (χ4n) is 0.846. The van der Waals surface area contributed by atoms with Crippen molar-refractivity contribution in [3.63, 3.8) is 0 Å². The monoisotopic (exact) mass is 192 g/mol. The molecule has 1 rings (SSSR count). The van der Waals surface area contributed by atoms with Gasteiger partial charge in [0.15, 0.2) is 0 Å². The van der Waals surface area contributed by atoms with Crippen LogP contribution in [0.5, 0.6) is 0 Å². The Bertz CT molecular complexity index is 342. The van der Waals surface area contributed by atoms with Crippen molar-refractivity contribution in [2.45, 2.75) is 6.42 Å². The SMILES string of the molecule is O=CCC(=O)OC(=O)c1ccccc1. The molecule has 0 spiro atoms. The van der Waals surface area contributed by atoms with Gasteiger partial charge in [0, 0.05) is 0 Å². The zero-order valence-electron chi connectivity index (χ0n) is 7.30. The number of ether oxygens (including phenoxy) is 1. The van der Waals surface area contributed by atoms with E-state index in [1.807, 2.05) is 0 Å². The van der Waals surface area contributed by atoms with E-state index in [0.717, 1.165) is 0 Å². The molecule has 0 aliphatic rings. The quantitative estimate of drug-likeness (QED) is 0.406. The molecule has 4 heteroatoms. The molecule has 0 aliphatic carbocycles. The second kappa shape index (κ2) is 4.91. The summed E-state index contributed by atoms with van der Waals surface area (Å²) < 4.78 is 4.37.